The second-order valence-electron chi connectivity index (χ2n) is 5.66. The first-order valence-electron chi connectivity index (χ1n) is 7.80. The summed E-state index contributed by atoms with van der Waals surface area (Å²) in [4.78, 5) is 4.09. The van der Waals surface area contributed by atoms with Crippen LogP contribution < -0.4 is 10.4 Å². The SMILES string of the molecule is Clc1ccc(N2NC=C(Cc3ccncc3)c3ccccc32)cc1. The summed E-state index contributed by atoms with van der Waals surface area (Å²) in [6.07, 6.45) is 6.59. The van der Waals surface area contributed by atoms with Crippen LogP contribution in [0.5, 0.6) is 0 Å². The molecule has 118 valence electrons. The number of nitrogens with one attached hydrogen (secondary N) is 1. The molecule has 0 unspecified atom stereocenters. The molecule has 2 heterocycles. The maximum Gasteiger partial charge on any atom is 0.0706 e. The Labute approximate surface area is 146 Å². The summed E-state index contributed by atoms with van der Waals surface area (Å²) in [6.45, 7) is 0. The topological polar surface area (TPSA) is 28.2 Å². The van der Waals surface area contributed by atoms with Crippen molar-refractivity contribution in [2.75, 3.05) is 5.01 Å². The Hall–Kier alpha value is -2.78. The minimum Gasteiger partial charge on any atom is -0.301 e. The Balaban J connectivity index is 1.70. The van der Waals surface area contributed by atoms with Crippen molar-refractivity contribution in [2.45, 2.75) is 6.42 Å². The first-order chi connectivity index (χ1) is 11.8. The smallest absolute Gasteiger partial charge is 0.0706 e. The Bertz CT molecular complexity index is 873. The fourth-order valence-corrected chi connectivity index (χ4v) is 3.03. The number of nitrogens with zero attached hydrogens (tertiary/aromatic N) is 2. The van der Waals surface area contributed by atoms with E-state index >= 15 is 0 Å². The number of rotatable bonds is 3. The van der Waals surface area contributed by atoms with Crippen molar-refractivity contribution in [2.24, 2.45) is 0 Å². The first kappa shape index (κ1) is 14.8. The van der Waals surface area contributed by atoms with E-state index in [1.54, 1.807) is 0 Å². The van der Waals surface area contributed by atoms with Crippen molar-refractivity contribution in [3.8, 4) is 0 Å². The van der Waals surface area contributed by atoms with E-state index in [1.165, 1.54) is 16.7 Å². The van der Waals surface area contributed by atoms with Gasteiger partial charge in [-0.15, -0.1) is 0 Å². The average molecular weight is 334 g/mol. The Kier molecular flexibility index (Phi) is 3.93. The molecule has 4 heteroatoms. The third-order valence-electron chi connectivity index (χ3n) is 4.09. The summed E-state index contributed by atoms with van der Waals surface area (Å²) in [5.74, 6) is 0. The molecule has 24 heavy (non-hydrogen) atoms. The minimum atomic E-state index is 0.734. The number of allylic oxidation sites excluding steroid dienone is 1. The lowest BCUT2D eigenvalue weighted by molar-refractivity contribution is 0.868. The zero-order valence-corrected chi connectivity index (χ0v) is 13.7. The molecule has 2 aromatic carbocycles. The van der Waals surface area contributed by atoms with Gasteiger partial charge in [0.05, 0.1) is 11.4 Å². The molecule has 1 aliphatic rings. The Morgan fingerprint density at radius 3 is 2.46 bits per heavy atom. The number of fused-ring (bicyclic) bond motifs is 1. The fraction of sp³-hybridized carbons (Fsp3) is 0.0500. The van der Waals surface area contributed by atoms with Crippen LogP contribution in [0.1, 0.15) is 11.1 Å². The number of aromatic nitrogens is 1. The van der Waals surface area contributed by atoms with Crippen molar-refractivity contribution in [3.63, 3.8) is 0 Å². The monoisotopic (exact) mass is 333 g/mol. The standard InChI is InChI=1S/C20H16ClN3/c21-17-5-7-18(8-6-17)24-20-4-2-1-3-19(20)16(14-23-24)13-15-9-11-22-12-10-15/h1-12,14,23H,13H2. The third kappa shape index (κ3) is 2.86. The summed E-state index contributed by atoms with van der Waals surface area (Å²) >= 11 is 6.01. The van der Waals surface area contributed by atoms with Gasteiger partial charge in [0.2, 0.25) is 0 Å². The molecule has 0 saturated carbocycles. The predicted octanol–water partition coefficient (Wildman–Crippen LogP) is 4.97. The molecular weight excluding hydrogens is 318 g/mol. The van der Waals surface area contributed by atoms with Crippen LogP contribution in [0.3, 0.4) is 0 Å². The molecule has 0 bridgehead atoms. The lowest BCUT2D eigenvalue weighted by Crippen LogP contribution is -2.33. The average Bonchev–Trinajstić information content (AvgIpc) is 2.64. The molecule has 4 rings (SSSR count). The first-order valence-corrected chi connectivity index (χ1v) is 8.18. The second kappa shape index (κ2) is 6.38. The van der Waals surface area contributed by atoms with Crippen LogP contribution >= 0.6 is 11.6 Å². The number of benzene rings is 2. The largest absolute Gasteiger partial charge is 0.301 e. The number of hydrogen-bond acceptors (Lipinski definition) is 3. The van der Waals surface area contributed by atoms with Gasteiger partial charge >= 0.3 is 0 Å². The Morgan fingerprint density at radius 2 is 1.67 bits per heavy atom. The molecule has 3 aromatic rings. The van der Waals surface area contributed by atoms with Crippen molar-refractivity contribution < 1.29 is 0 Å². The summed E-state index contributed by atoms with van der Waals surface area (Å²) in [5, 5.41) is 2.81. The van der Waals surface area contributed by atoms with E-state index in [-0.39, 0.29) is 0 Å². The van der Waals surface area contributed by atoms with Crippen LogP contribution in [0.25, 0.3) is 5.57 Å². The van der Waals surface area contributed by atoms with Gasteiger partial charge in [0, 0.05) is 29.2 Å². The molecule has 3 nitrogen and oxygen atoms in total. The van der Waals surface area contributed by atoms with Gasteiger partial charge in [0.15, 0.2) is 0 Å². The highest BCUT2D eigenvalue weighted by Crippen LogP contribution is 2.35. The van der Waals surface area contributed by atoms with Gasteiger partial charge in [-0.1, -0.05) is 29.8 Å². The van der Waals surface area contributed by atoms with E-state index in [2.05, 4.69) is 58.0 Å². The van der Waals surface area contributed by atoms with Gasteiger partial charge in [-0.2, -0.15) is 0 Å². The molecule has 0 saturated heterocycles. The highest BCUT2D eigenvalue weighted by atomic mass is 35.5. The summed E-state index contributed by atoms with van der Waals surface area (Å²) in [6, 6.07) is 20.3. The Morgan fingerprint density at radius 1 is 0.917 bits per heavy atom. The maximum absolute atomic E-state index is 6.01. The van der Waals surface area contributed by atoms with Crippen molar-refractivity contribution >= 4 is 28.5 Å². The van der Waals surface area contributed by atoms with E-state index in [0.717, 1.165) is 22.8 Å². The summed E-state index contributed by atoms with van der Waals surface area (Å²) < 4.78 is 0. The molecule has 1 N–H and O–H groups in total. The summed E-state index contributed by atoms with van der Waals surface area (Å²) in [5.41, 5.74) is 9.29. The predicted molar refractivity (Wildman–Crippen MR) is 99.1 cm³/mol. The quantitative estimate of drug-likeness (QED) is 0.733. The van der Waals surface area contributed by atoms with E-state index in [1.807, 2.05) is 36.7 Å². The van der Waals surface area contributed by atoms with E-state index < -0.39 is 0 Å². The van der Waals surface area contributed by atoms with Crippen LogP contribution in [0.4, 0.5) is 11.4 Å². The number of pyridine rings is 1. The maximum atomic E-state index is 6.01. The molecule has 1 aromatic heterocycles. The molecule has 0 fully saturated rings. The third-order valence-corrected chi connectivity index (χ3v) is 4.34. The van der Waals surface area contributed by atoms with Gasteiger partial charge in [-0.25, -0.2) is 0 Å². The van der Waals surface area contributed by atoms with Crippen molar-refractivity contribution in [1.29, 1.82) is 0 Å². The molecule has 0 aliphatic carbocycles. The van der Waals surface area contributed by atoms with E-state index in [4.69, 9.17) is 11.6 Å². The summed E-state index contributed by atoms with van der Waals surface area (Å²) in [7, 11) is 0. The fourth-order valence-electron chi connectivity index (χ4n) is 2.90. The highest BCUT2D eigenvalue weighted by Gasteiger charge is 2.19. The zero-order valence-electron chi connectivity index (χ0n) is 13.0. The lowest BCUT2D eigenvalue weighted by Gasteiger charge is -2.32. The van der Waals surface area contributed by atoms with E-state index in [0.29, 0.717) is 0 Å². The molecule has 0 amide bonds. The zero-order chi connectivity index (χ0) is 16.4. The van der Waals surface area contributed by atoms with Crippen LogP contribution in [0, 0.1) is 0 Å². The van der Waals surface area contributed by atoms with Crippen molar-refractivity contribution in [3.05, 3.63) is 95.4 Å². The van der Waals surface area contributed by atoms with Crippen LogP contribution in [0.15, 0.2) is 79.3 Å². The molecular formula is C20H16ClN3. The molecule has 0 radical (unpaired) electrons. The van der Waals surface area contributed by atoms with Gasteiger partial charge in [0.1, 0.15) is 0 Å². The number of para-hydroxylation sites is 1. The number of halogens is 1. The molecule has 0 atom stereocenters. The lowest BCUT2D eigenvalue weighted by atomic mass is 9.96. The van der Waals surface area contributed by atoms with E-state index in [9.17, 15) is 0 Å². The molecule has 1 aliphatic heterocycles. The minimum absolute atomic E-state index is 0.734. The second-order valence-corrected chi connectivity index (χ2v) is 6.10. The van der Waals surface area contributed by atoms with Gasteiger partial charge in [-0.3, -0.25) is 9.99 Å². The van der Waals surface area contributed by atoms with Crippen LogP contribution in [-0.2, 0) is 6.42 Å². The number of hydrogen-bond donors (Lipinski definition) is 1. The molecule has 0 spiro atoms. The van der Waals surface area contributed by atoms with Crippen LogP contribution in [0.2, 0.25) is 5.02 Å². The van der Waals surface area contributed by atoms with Crippen molar-refractivity contribution in [1.82, 2.24) is 10.4 Å². The number of hydrazine groups is 1. The van der Waals surface area contributed by atoms with Crippen LogP contribution in [-0.4, -0.2) is 4.98 Å². The number of anilines is 2. The van der Waals surface area contributed by atoms with Gasteiger partial charge in [-0.05, 0) is 60.0 Å². The normalized spacial score (nSPS) is 13.0. The highest BCUT2D eigenvalue weighted by molar-refractivity contribution is 6.30. The van der Waals surface area contributed by atoms with Gasteiger partial charge in [0.25, 0.3) is 0 Å². The van der Waals surface area contributed by atoms with Gasteiger partial charge < -0.3 is 5.43 Å².